The van der Waals surface area contributed by atoms with Crippen molar-refractivity contribution in [3.05, 3.63) is 81.2 Å². The highest BCUT2D eigenvalue weighted by Gasteiger charge is 2.27. The summed E-state index contributed by atoms with van der Waals surface area (Å²) < 4.78 is 12.2. The van der Waals surface area contributed by atoms with Gasteiger partial charge >= 0.3 is 5.97 Å². The summed E-state index contributed by atoms with van der Waals surface area (Å²) in [6, 6.07) is 0. The van der Waals surface area contributed by atoms with Crippen LogP contribution >= 0.6 is 23.5 Å². The zero-order valence-corrected chi connectivity index (χ0v) is 44.2. The average molecular weight is 920 g/mol. The van der Waals surface area contributed by atoms with Gasteiger partial charge in [-0.3, -0.25) is 4.79 Å². The molecule has 0 aliphatic heterocycles. The van der Waals surface area contributed by atoms with Crippen molar-refractivity contribution in [2.75, 3.05) is 36.2 Å². The van der Waals surface area contributed by atoms with Crippen LogP contribution in [0.4, 0.5) is 0 Å². The molecule has 0 spiro atoms. The summed E-state index contributed by atoms with van der Waals surface area (Å²) in [6.45, 7) is 14.8. The van der Waals surface area contributed by atoms with Crippen LogP contribution in [0.3, 0.4) is 0 Å². The van der Waals surface area contributed by atoms with Crippen LogP contribution in [0.1, 0.15) is 234 Å². The van der Waals surface area contributed by atoms with E-state index in [1.165, 1.54) is 192 Å². The predicted molar refractivity (Wildman–Crippen MR) is 287 cm³/mol. The maximum Gasteiger partial charge on any atom is 0.309 e. The number of ether oxygens (including phenoxy) is 2. The fraction of sp³-hybridized carbons (Fsp3) is 0.746. The third-order valence-corrected chi connectivity index (χ3v) is 15.7. The second-order valence-electron chi connectivity index (χ2n) is 20.1. The summed E-state index contributed by atoms with van der Waals surface area (Å²) in [5.41, 5.74) is 10.7. The number of hydrogen-bond acceptors (Lipinski definition) is 5. The van der Waals surface area contributed by atoms with E-state index in [9.17, 15) is 4.79 Å². The molecule has 3 nitrogen and oxygen atoms in total. The van der Waals surface area contributed by atoms with Crippen molar-refractivity contribution in [2.45, 2.75) is 234 Å². The molecule has 0 radical (unpaired) electrons. The lowest BCUT2D eigenvalue weighted by Crippen LogP contribution is -2.20. The molecule has 0 aromatic heterocycles. The van der Waals surface area contributed by atoms with Crippen molar-refractivity contribution in [3.8, 4) is 0 Å². The van der Waals surface area contributed by atoms with Gasteiger partial charge in [-0.1, -0.05) is 121 Å². The number of allylic oxidation sites excluding steroid dienone is 14. The molecular formula is C59H98O3S2. The highest BCUT2D eigenvalue weighted by Crippen LogP contribution is 2.41. The van der Waals surface area contributed by atoms with Crippen molar-refractivity contribution in [1.82, 2.24) is 0 Å². The molecule has 1 fully saturated rings. The van der Waals surface area contributed by atoms with Crippen molar-refractivity contribution in [2.24, 2.45) is 11.8 Å². The second-order valence-corrected chi connectivity index (χ2v) is 22.6. The average Bonchev–Trinajstić information content (AvgIpc) is 4.12. The first kappa shape index (κ1) is 56.5. The monoisotopic (exact) mass is 919 g/mol. The molecule has 2 atom stereocenters. The summed E-state index contributed by atoms with van der Waals surface area (Å²) in [7, 11) is 0. The fourth-order valence-electron chi connectivity index (χ4n) is 9.00. The summed E-state index contributed by atoms with van der Waals surface area (Å²) in [6.07, 6.45) is 51.3. The maximum atomic E-state index is 12.6. The molecule has 64 heavy (non-hydrogen) atoms. The fourth-order valence-corrected chi connectivity index (χ4v) is 11.0. The standard InChI is InChI=1S/C59H98O3S2/c1-49(2)25-21-27-51(5)29-23-31-53-33-37-55(38-34-53)58(56-41-42-56)61-43-15-9-13-19-47-63-45-17-11-7-8-12-18-46-64-48-20-14-10-16-44-62-59(60)57-39-35-54(36-40-57)32-24-30-52(6)28-22-26-50(3)4/h25-26,29-30,33,35,55,57H,7-24,27-28,31-32,34,36-48H2,1-6H3/b51-29+,52-30+. The van der Waals surface area contributed by atoms with Crippen LogP contribution in [0, 0.1) is 11.8 Å². The van der Waals surface area contributed by atoms with Crippen molar-refractivity contribution >= 4 is 29.5 Å². The van der Waals surface area contributed by atoms with E-state index in [2.05, 4.69) is 102 Å². The van der Waals surface area contributed by atoms with Gasteiger partial charge < -0.3 is 9.47 Å². The van der Waals surface area contributed by atoms with Gasteiger partial charge in [0.2, 0.25) is 0 Å². The number of hydrogen-bond donors (Lipinski definition) is 0. The van der Waals surface area contributed by atoms with Crippen LogP contribution < -0.4 is 0 Å². The lowest BCUT2D eigenvalue weighted by atomic mass is 9.86. The van der Waals surface area contributed by atoms with Crippen molar-refractivity contribution < 1.29 is 14.3 Å². The highest BCUT2D eigenvalue weighted by molar-refractivity contribution is 7.99. The molecule has 364 valence electrons. The van der Waals surface area contributed by atoms with E-state index in [0.717, 1.165) is 58.0 Å². The summed E-state index contributed by atoms with van der Waals surface area (Å²) in [4.78, 5) is 12.6. The number of carbonyl (C=O) groups excluding carboxylic acids is 1. The zero-order chi connectivity index (χ0) is 45.9. The molecule has 3 rings (SSSR count). The van der Waals surface area contributed by atoms with E-state index in [1.54, 1.807) is 16.7 Å². The smallest absolute Gasteiger partial charge is 0.309 e. The van der Waals surface area contributed by atoms with E-state index >= 15 is 0 Å². The third kappa shape index (κ3) is 29.7. The Hall–Kier alpha value is -1.85. The molecule has 0 N–H and O–H groups in total. The Bertz CT molecular complexity index is 1480. The number of unbranched alkanes of at least 4 members (excludes halogenated alkanes) is 11. The number of esters is 1. The number of thioether (sulfide) groups is 2. The van der Waals surface area contributed by atoms with Gasteiger partial charge in [-0.15, -0.1) is 0 Å². The number of carbonyl (C=O) groups is 1. The molecule has 0 aromatic rings. The van der Waals surface area contributed by atoms with Gasteiger partial charge in [0, 0.05) is 5.92 Å². The summed E-state index contributed by atoms with van der Waals surface area (Å²) >= 11 is 4.32. The van der Waals surface area contributed by atoms with Gasteiger partial charge in [0.25, 0.3) is 0 Å². The van der Waals surface area contributed by atoms with Crippen LogP contribution in [0.5, 0.6) is 0 Å². The van der Waals surface area contributed by atoms with E-state index in [0.29, 0.717) is 12.5 Å². The highest BCUT2D eigenvalue weighted by atomic mass is 32.2. The summed E-state index contributed by atoms with van der Waals surface area (Å²) in [5.74, 6) is 7.41. The Morgan fingerprint density at radius 3 is 1.36 bits per heavy atom. The first-order chi connectivity index (χ1) is 31.2. The van der Waals surface area contributed by atoms with E-state index in [1.807, 2.05) is 0 Å². The molecule has 2 unspecified atom stereocenters. The van der Waals surface area contributed by atoms with Gasteiger partial charge in [0.05, 0.1) is 24.9 Å². The van der Waals surface area contributed by atoms with Crippen molar-refractivity contribution in [3.63, 3.8) is 0 Å². The van der Waals surface area contributed by atoms with Crippen LogP contribution in [0.25, 0.3) is 0 Å². The predicted octanol–water partition coefficient (Wildman–Crippen LogP) is 18.9. The lowest BCUT2D eigenvalue weighted by Gasteiger charge is -2.25. The Labute approximate surface area is 405 Å². The normalized spacial score (nSPS) is 17.8. The molecule has 3 aliphatic carbocycles. The van der Waals surface area contributed by atoms with Gasteiger partial charge in [-0.05, 0) is 211 Å². The minimum absolute atomic E-state index is 0.0332. The molecule has 0 amide bonds. The number of rotatable bonds is 38. The lowest BCUT2D eigenvalue weighted by molar-refractivity contribution is -0.149. The molecule has 0 heterocycles. The maximum absolute atomic E-state index is 12.6. The molecule has 0 aromatic carbocycles. The largest absolute Gasteiger partial charge is 0.498 e. The Morgan fingerprint density at radius 1 is 0.516 bits per heavy atom. The van der Waals surface area contributed by atoms with Crippen LogP contribution in [0.2, 0.25) is 0 Å². The minimum Gasteiger partial charge on any atom is -0.498 e. The molecule has 0 saturated heterocycles. The van der Waals surface area contributed by atoms with Gasteiger partial charge in [-0.2, -0.15) is 23.5 Å². The quantitative estimate of drug-likeness (QED) is 0.0267. The van der Waals surface area contributed by atoms with Gasteiger partial charge in [0.15, 0.2) is 0 Å². The Kier molecular flexibility index (Phi) is 32.8. The van der Waals surface area contributed by atoms with Gasteiger partial charge in [0.1, 0.15) is 0 Å². The molecule has 0 bridgehead atoms. The second kappa shape index (κ2) is 37.2. The van der Waals surface area contributed by atoms with E-state index in [-0.39, 0.29) is 11.9 Å². The minimum atomic E-state index is 0.0332. The zero-order valence-electron chi connectivity index (χ0n) is 42.6. The molecule has 1 saturated carbocycles. The summed E-state index contributed by atoms with van der Waals surface area (Å²) in [5, 5.41) is 0. The van der Waals surface area contributed by atoms with Crippen LogP contribution in [0.15, 0.2) is 81.2 Å². The van der Waals surface area contributed by atoms with Crippen LogP contribution in [-0.2, 0) is 14.3 Å². The third-order valence-electron chi connectivity index (χ3n) is 13.4. The SMILES string of the molecule is CC(C)=CCC/C(C)=C/CCC1=CCC(C(=O)OCCCCCCSCCCCCCCCSCCCCCCOC(=C2CC2)C2CC=C(CC/C=C(\C)CCC=C(C)C)CC2)CC1. The Balaban J connectivity index is 1.02. The molecule has 3 aliphatic rings. The van der Waals surface area contributed by atoms with E-state index in [4.69, 9.17) is 9.47 Å². The molecule has 5 heteroatoms. The van der Waals surface area contributed by atoms with E-state index < -0.39 is 0 Å². The van der Waals surface area contributed by atoms with Crippen molar-refractivity contribution in [1.29, 1.82) is 0 Å². The van der Waals surface area contributed by atoms with Gasteiger partial charge in [-0.25, -0.2) is 0 Å². The molecular weight excluding hydrogens is 821 g/mol. The first-order valence-electron chi connectivity index (χ1n) is 26.8. The Morgan fingerprint density at radius 2 is 0.938 bits per heavy atom. The first-order valence-corrected chi connectivity index (χ1v) is 29.1. The van der Waals surface area contributed by atoms with Crippen LogP contribution in [-0.4, -0.2) is 42.2 Å². The topological polar surface area (TPSA) is 35.5 Å².